The molecular weight excluding hydrogens is 383 g/mol. The van der Waals surface area contributed by atoms with E-state index in [0.29, 0.717) is 5.39 Å². The van der Waals surface area contributed by atoms with E-state index < -0.39 is 23.0 Å². The number of hydrogen-bond donors (Lipinski definition) is 0. The van der Waals surface area contributed by atoms with Crippen molar-refractivity contribution in [2.75, 3.05) is 0 Å². The molecule has 0 aliphatic heterocycles. The molecule has 4 heteroatoms. The number of fused-ring (bicyclic) bond motifs is 1. The average molecular weight is 405 g/mol. The molecule has 152 valence electrons. The van der Waals surface area contributed by atoms with Gasteiger partial charge in [0.1, 0.15) is 29.1 Å². The normalized spacial score (nSPS) is 10.5. The highest BCUT2D eigenvalue weighted by atomic mass is 19.1. The van der Waals surface area contributed by atoms with Gasteiger partial charge in [0.15, 0.2) is 0 Å². The van der Waals surface area contributed by atoms with Crippen LogP contribution in [0.25, 0.3) is 10.8 Å². The monoisotopic (exact) mass is 405 g/mol. The maximum atomic E-state index is 14.9. The van der Waals surface area contributed by atoms with Gasteiger partial charge in [0.2, 0.25) is 0 Å². The van der Waals surface area contributed by atoms with E-state index in [2.05, 4.69) is 18.8 Å². The van der Waals surface area contributed by atoms with Crippen molar-refractivity contribution in [1.82, 2.24) is 0 Å². The molecule has 0 aliphatic rings. The van der Waals surface area contributed by atoms with Gasteiger partial charge in [0, 0.05) is 10.9 Å². The minimum atomic E-state index is -0.983. The minimum absolute atomic E-state index is 0.0434. The second-order valence-corrected chi connectivity index (χ2v) is 7.32. The number of halogens is 3. The van der Waals surface area contributed by atoms with Gasteiger partial charge < -0.3 is 0 Å². The fourth-order valence-corrected chi connectivity index (χ4v) is 3.42. The van der Waals surface area contributed by atoms with Crippen LogP contribution < -0.4 is 0 Å². The van der Waals surface area contributed by atoms with Crippen LogP contribution in [0.2, 0.25) is 0 Å². The fraction of sp³-hybridized carbons (Fsp3) is 0.269. The standard InChI is InChI=1S/C26H22F3N/c1-2-3-4-5-6-7-18-9-13-22-21(14-18)12-11-20(26(22)29)10-8-19-15-24(27)23(17-30)25(28)16-19/h9,11-16H,2-7H2,1H3. The first-order valence-corrected chi connectivity index (χ1v) is 10.2. The van der Waals surface area contributed by atoms with Crippen molar-refractivity contribution in [3.8, 4) is 17.9 Å². The zero-order chi connectivity index (χ0) is 21.5. The van der Waals surface area contributed by atoms with Gasteiger partial charge in [-0.05, 0) is 42.0 Å². The average Bonchev–Trinajstić information content (AvgIpc) is 2.73. The molecule has 0 fully saturated rings. The van der Waals surface area contributed by atoms with E-state index in [1.165, 1.54) is 37.3 Å². The summed E-state index contributed by atoms with van der Waals surface area (Å²) in [6.45, 7) is 2.19. The van der Waals surface area contributed by atoms with Crippen molar-refractivity contribution in [2.24, 2.45) is 0 Å². The number of benzene rings is 3. The quantitative estimate of drug-likeness (QED) is 0.319. The topological polar surface area (TPSA) is 23.8 Å². The zero-order valence-electron chi connectivity index (χ0n) is 16.9. The summed E-state index contributed by atoms with van der Waals surface area (Å²) in [6, 6.07) is 12.5. The number of rotatable bonds is 6. The molecule has 3 aromatic carbocycles. The van der Waals surface area contributed by atoms with Gasteiger partial charge in [-0.15, -0.1) is 0 Å². The Hall–Kier alpha value is -3.24. The first-order chi connectivity index (χ1) is 14.5. The number of hydrogen-bond acceptors (Lipinski definition) is 1. The molecule has 30 heavy (non-hydrogen) atoms. The van der Waals surface area contributed by atoms with Gasteiger partial charge in [0.25, 0.3) is 0 Å². The third kappa shape index (κ3) is 5.02. The summed E-state index contributed by atoms with van der Waals surface area (Å²) >= 11 is 0. The molecule has 0 aromatic heterocycles. The molecule has 0 saturated carbocycles. The lowest BCUT2D eigenvalue weighted by atomic mass is 10.00. The molecule has 0 bridgehead atoms. The van der Waals surface area contributed by atoms with Crippen LogP contribution in [0.4, 0.5) is 13.2 Å². The van der Waals surface area contributed by atoms with Crippen molar-refractivity contribution in [1.29, 1.82) is 5.26 Å². The van der Waals surface area contributed by atoms with Gasteiger partial charge >= 0.3 is 0 Å². The van der Waals surface area contributed by atoms with Crippen molar-refractivity contribution in [3.63, 3.8) is 0 Å². The first kappa shape index (κ1) is 21.5. The lowest BCUT2D eigenvalue weighted by Gasteiger charge is -2.06. The molecule has 1 nitrogen and oxygen atoms in total. The van der Waals surface area contributed by atoms with Crippen molar-refractivity contribution in [2.45, 2.75) is 45.4 Å². The highest BCUT2D eigenvalue weighted by Gasteiger charge is 2.10. The third-order valence-corrected chi connectivity index (χ3v) is 5.08. The Bertz CT molecular complexity index is 1140. The summed E-state index contributed by atoms with van der Waals surface area (Å²) in [7, 11) is 0. The van der Waals surface area contributed by atoms with Crippen molar-refractivity contribution in [3.05, 3.63) is 82.2 Å². The lowest BCUT2D eigenvalue weighted by molar-refractivity contribution is 0.576. The molecule has 0 heterocycles. The van der Waals surface area contributed by atoms with Crippen LogP contribution in [-0.4, -0.2) is 0 Å². The van der Waals surface area contributed by atoms with Crippen molar-refractivity contribution >= 4 is 10.8 Å². The summed E-state index contributed by atoms with van der Waals surface area (Å²) in [4.78, 5) is 0. The van der Waals surface area contributed by atoms with Gasteiger partial charge in [0.05, 0.1) is 5.56 Å². The molecule has 0 atom stereocenters. The van der Waals surface area contributed by atoms with E-state index in [4.69, 9.17) is 5.26 Å². The summed E-state index contributed by atoms with van der Waals surface area (Å²) in [5, 5.41) is 9.99. The SMILES string of the molecule is CCCCCCCc1ccc2c(F)c(C#Cc3cc(F)c(C#N)c(F)c3)ccc2c1. The highest BCUT2D eigenvalue weighted by Crippen LogP contribution is 2.23. The lowest BCUT2D eigenvalue weighted by Crippen LogP contribution is -1.92. The van der Waals surface area contributed by atoms with Crippen LogP contribution in [0, 0.1) is 40.6 Å². The Labute approximate surface area is 175 Å². The van der Waals surface area contributed by atoms with Crippen LogP contribution >= 0.6 is 0 Å². The minimum Gasteiger partial charge on any atom is -0.205 e. The molecule has 0 radical (unpaired) electrons. The van der Waals surface area contributed by atoms with E-state index in [-0.39, 0.29) is 11.1 Å². The fourth-order valence-electron chi connectivity index (χ4n) is 3.42. The smallest absolute Gasteiger partial charge is 0.146 e. The molecular formula is C26H22F3N. The van der Waals surface area contributed by atoms with E-state index in [9.17, 15) is 13.2 Å². The summed E-state index contributed by atoms with van der Waals surface area (Å²) in [5.41, 5.74) is 0.723. The molecule has 3 rings (SSSR count). The summed E-state index contributed by atoms with van der Waals surface area (Å²) in [6.07, 6.45) is 7.01. The first-order valence-electron chi connectivity index (χ1n) is 10.2. The van der Waals surface area contributed by atoms with Gasteiger partial charge in [-0.2, -0.15) is 5.26 Å². The number of nitriles is 1. The van der Waals surface area contributed by atoms with Crippen LogP contribution in [0.5, 0.6) is 0 Å². The Morgan fingerprint density at radius 2 is 1.57 bits per heavy atom. The van der Waals surface area contributed by atoms with Crippen LogP contribution in [0.3, 0.4) is 0 Å². The number of nitrogens with zero attached hydrogens (tertiary/aromatic N) is 1. The largest absolute Gasteiger partial charge is 0.205 e. The Balaban J connectivity index is 1.81. The second kappa shape index (κ2) is 9.99. The van der Waals surface area contributed by atoms with Crippen LogP contribution in [0.15, 0.2) is 42.5 Å². The van der Waals surface area contributed by atoms with Crippen LogP contribution in [-0.2, 0) is 6.42 Å². The van der Waals surface area contributed by atoms with Crippen molar-refractivity contribution < 1.29 is 13.2 Å². The molecule has 3 aromatic rings. The van der Waals surface area contributed by atoms with E-state index in [0.717, 1.165) is 30.4 Å². The van der Waals surface area contributed by atoms with Gasteiger partial charge in [-0.25, -0.2) is 13.2 Å². The second-order valence-electron chi connectivity index (χ2n) is 7.32. The van der Waals surface area contributed by atoms with E-state index in [1.807, 2.05) is 18.2 Å². The Morgan fingerprint density at radius 3 is 2.27 bits per heavy atom. The number of unbranched alkanes of at least 4 members (excludes halogenated alkanes) is 4. The molecule has 0 unspecified atom stereocenters. The van der Waals surface area contributed by atoms with Gasteiger partial charge in [-0.3, -0.25) is 0 Å². The maximum absolute atomic E-state index is 14.9. The molecule has 0 amide bonds. The Kier molecular flexibility index (Phi) is 7.15. The zero-order valence-corrected chi connectivity index (χ0v) is 16.9. The third-order valence-electron chi connectivity index (χ3n) is 5.08. The summed E-state index contributed by atoms with van der Waals surface area (Å²) < 4.78 is 42.3. The molecule has 0 N–H and O–H groups in total. The van der Waals surface area contributed by atoms with E-state index in [1.54, 1.807) is 12.1 Å². The molecule has 0 saturated heterocycles. The highest BCUT2D eigenvalue weighted by molar-refractivity contribution is 5.85. The predicted octanol–water partition coefficient (Wildman–Crippen LogP) is 7.04. The van der Waals surface area contributed by atoms with Crippen LogP contribution in [0.1, 0.15) is 61.3 Å². The predicted molar refractivity (Wildman–Crippen MR) is 113 cm³/mol. The number of aryl methyl sites for hydroxylation is 1. The van der Waals surface area contributed by atoms with Gasteiger partial charge in [-0.1, -0.05) is 68.7 Å². The maximum Gasteiger partial charge on any atom is 0.146 e. The van der Waals surface area contributed by atoms with E-state index >= 15 is 0 Å². The Morgan fingerprint density at radius 1 is 0.833 bits per heavy atom. The summed E-state index contributed by atoms with van der Waals surface area (Å²) in [5.74, 6) is 2.80. The molecule has 0 aliphatic carbocycles. The molecule has 0 spiro atoms.